The van der Waals surface area contributed by atoms with Gasteiger partial charge in [-0.05, 0) is 111 Å². The highest BCUT2D eigenvalue weighted by Gasteiger charge is 2.51. The highest BCUT2D eigenvalue weighted by atomic mass is 79.9. The van der Waals surface area contributed by atoms with Crippen molar-refractivity contribution in [3.05, 3.63) is 26.6 Å². The van der Waals surface area contributed by atoms with Crippen LogP contribution in [0, 0.1) is 17.8 Å². The average Bonchev–Trinajstić information content (AvgIpc) is 2.33. The third-order valence-electron chi connectivity index (χ3n) is 5.73. The highest BCUT2D eigenvalue weighted by molar-refractivity contribution is 9.11. The molecule has 0 atom stereocenters. The van der Waals surface area contributed by atoms with Crippen molar-refractivity contribution in [3.8, 4) is 0 Å². The van der Waals surface area contributed by atoms with Gasteiger partial charge in [0, 0.05) is 8.95 Å². The Morgan fingerprint density at radius 1 is 0.895 bits per heavy atom. The molecule has 0 radical (unpaired) electrons. The van der Waals surface area contributed by atoms with E-state index >= 15 is 0 Å². The molecule has 0 aromatic heterocycles. The number of rotatable bonds is 1. The van der Waals surface area contributed by atoms with Crippen LogP contribution in [0.25, 0.3) is 0 Å². The Bertz CT molecular complexity index is 479. The lowest BCUT2D eigenvalue weighted by molar-refractivity contribution is -0.00522. The Morgan fingerprint density at radius 2 is 1.32 bits per heavy atom. The van der Waals surface area contributed by atoms with Gasteiger partial charge in [0.2, 0.25) is 0 Å². The maximum Gasteiger partial charge on any atom is 0.0603 e. The van der Waals surface area contributed by atoms with E-state index in [9.17, 15) is 0 Å². The molecule has 0 saturated heterocycles. The minimum atomic E-state index is 0.452. The summed E-state index contributed by atoms with van der Waals surface area (Å²) in [6.45, 7) is 0. The van der Waals surface area contributed by atoms with Crippen LogP contribution in [0.5, 0.6) is 0 Å². The van der Waals surface area contributed by atoms with E-state index in [-0.39, 0.29) is 0 Å². The van der Waals surface area contributed by atoms with Crippen LogP contribution in [0.15, 0.2) is 21.1 Å². The van der Waals surface area contributed by atoms with Crippen LogP contribution in [-0.2, 0) is 5.41 Å². The van der Waals surface area contributed by atoms with E-state index in [0.717, 1.165) is 32.4 Å². The summed E-state index contributed by atoms with van der Waals surface area (Å²) < 4.78 is 2.10. The van der Waals surface area contributed by atoms with Gasteiger partial charge in [0.05, 0.1) is 5.69 Å². The number of anilines is 1. The zero-order valence-corrected chi connectivity index (χ0v) is 14.1. The molecule has 0 amide bonds. The van der Waals surface area contributed by atoms with Gasteiger partial charge < -0.3 is 5.73 Å². The van der Waals surface area contributed by atoms with E-state index < -0.39 is 0 Å². The van der Waals surface area contributed by atoms with Crippen molar-refractivity contribution in [2.24, 2.45) is 17.8 Å². The highest BCUT2D eigenvalue weighted by Crippen LogP contribution is 2.61. The summed E-state index contributed by atoms with van der Waals surface area (Å²) in [6.07, 6.45) is 8.70. The van der Waals surface area contributed by atoms with E-state index in [0.29, 0.717) is 5.41 Å². The predicted octanol–water partition coefficient (Wildman–Crippen LogP) is 5.26. The Morgan fingerprint density at radius 3 is 1.74 bits per heavy atom. The van der Waals surface area contributed by atoms with Crippen LogP contribution in [0.2, 0.25) is 0 Å². The first-order chi connectivity index (χ1) is 9.06. The zero-order valence-electron chi connectivity index (χ0n) is 11.0. The van der Waals surface area contributed by atoms with Crippen molar-refractivity contribution in [1.82, 2.24) is 0 Å². The van der Waals surface area contributed by atoms with Crippen LogP contribution in [0.1, 0.15) is 44.1 Å². The van der Waals surface area contributed by atoms with Gasteiger partial charge in [-0.15, -0.1) is 0 Å². The minimum Gasteiger partial charge on any atom is -0.397 e. The molecule has 0 heterocycles. The topological polar surface area (TPSA) is 26.0 Å². The van der Waals surface area contributed by atoms with Crippen molar-refractivity contribution in [3.63, 3.8) is 0 Å². The van der Waals surface area contributed by atoms with Crippen LogP contribution in [0.4, 0.5) is 5.69 Å². The van der Waals surface area contributed by atoms with Gasteiger partial charge in [-0.1, -0.05) is 0 Å². The molecule has 1 aromatic carbocycles. The van der Waals surface area contributed by atoms with Crippen LogP contribution in [-0.4, -0.2) is 0 Å². The van der Waals surface area contributed by atoms with E-state index in [1.165, 1.54) is 44.1 Å². The van der Waals surface area contributed by atoms with Gasteiger partial charge in [0.1, 0.15) is 0 Å². The Kier molecular flexibility index (Phi) is 2.83. The molecule has 4 fully saturated rings. The molecular weight excluding hydrogens is 366 g/mol. The standard InChI is InChI=1S/C16H19Br2N/c17-13-4-12(5-14(18)15(13)19)16-6-9-1-10(7-16)3-11(2-9)8-16/h4-5,9-11H,1-3,6-8,19H2. The second kappa shape index (κ2) is 4.24. The van der Waals surface area contributed by atoms with Gasteiger partial charge in [-0.2, -0.15) is 0 Å². The Hall–Kier alpha value is -0.0200. The second-order valence-corrected chi connectivity index (χ2v) is 8.76. The second-order valence-electron chi connectivity index (χ2n) is 7.05. The molecule has 1 nitrogen and oxygen atoms in total. The number of halogens is 2. The third kappa shape index (κ3) is 1.91. The van der Waals surface area contributed by atoms with Crippen LogP contribution < -0.4 is 5.73 Å². The number of benzene rings is 1. The summed E-state index contributed by atoms with van der Waals surface area (Å²) in [5.41, 5.74) is 8.84. The van der Waals surface area contributed by atoms with E-state index in [2.05, 4.69) is 44.0 Å². The number of nitrogens with two attached hydrogens (primary N) is 1. The van der Waals surface area contributed by atoms with Crippen molar-refractivity contribution >= 4 is 37.5 Å². The summed E-state index contributed by atoms with van der Waals surface area (Å²) in [5, 5.41) is 0. The summed E-state index contributed by atoms with van der Waals surface area (Å²) in [6, 6.07) is 4.57. The quantitative estimate of drug-likeness (QED) is 0.656. The fourth-order valence-electron chi connectivity index (χ4n) is 5.35. The zero-order chi connectivity index (χ0) is 13.2. The first-order valence-electron chi connectivity index (χ1n) is 7.31. The van der Waals surface area contributed by atoms with E-state index in [4.69, 9.17) is 5.73 Å². The minimum absolute atomic E-state index is 0.452. The number of hydrogen-bond donors (Lipinski definition) is 1. The molecule has 2 N–H and O–H groups in total. The molecule has 4 aliphatic rings. The van der Waals surface area contributed by atoms with Gasteiger partial charge in [0.15, 0.2) is 0 Å². The fraction of sp³-hybridized carbons (Fsp3) is 0.625. The maximum absolute atomic E-state index is 6.05. The molecule has 3 heteroatoms. The van der Waals surface area contributed by atoms with Crippen molar-refractivity contribution in [2.45, 2.75) is 43.9 Å². The Labute approximate surface area is 131 Å². The molecule has 4 aliphatic carbocycles. The summed E-state index contributed by atoms with van der Waals surface area (Å²) in [4.78, 5) is 0. The third-order valence-corrected chi connectivity index (χ3v) is 7.04. The van der Waals surface area contributed by atoms with Crippen LogP contribution >= 0.6 is 31.9 Å². The Balaban J connectivity index is 1.79. The molecule has 1 aromatic rings. The molecule has 102 valence electrons. The molecule has 0 spiro atoms. The molecule has 0 unspecified atom stereocenters. The molecule has 0 aliphatic heterocycles. The normalized spacial score (nSPS) is 39.8. The summed E-state index contributed by atoms with van der Waals surface area (Å²) in [7, 11) is 0. The summed E-state index contributed by atoms with van der Waals surface area (Å²) in [5.74, 6) is 2.96. The lowest BCUT2D eigenvalue weighted by Crippen LogP contribution is -2.48. The first-order valence-corrected chi connectivity index (χ1v) is 8.89. The van der Waals surface area contributed by atoms with Gasteiger partial charge in [-0.3, -0.25) is 0 Å². The predicted molar refractivity (Wildman–Crippen MR) is 86.1 cm³/mol. The average molecular weight is 385 g/mol. The molecule has 5 rings (SSSR count). The van der Waals surface area contributed by atoms with Gasteiger partial charge in [0.25, 0.3) is 0 Å². The number of hydrogen-bond acceptors (Lipinski definition) is 1. The SMILES string of the molecule is Nc1c(Br)cc(C23CC4CC(CC(C4)C2)C3)cc1Br. The van der Waals surface area contributed by atoms with Crippen LogP contribution in [0.3, 0.4) is 0 Å². The van der Waals surface area contributed by atoms with E-state index in [1.54, 1.807) is 0 Å². The molecule has 19 heavy (non-hydrogen) atoms. The van der Waals surface area contributed by atoms with E-state index in [1.807, 2.05) is 0 Å². The fourth-order valence-corrected chi connectivity index (χ4v) is 6.54. The van der Waals surface area contributed by atoms with Crippen molar-refractivity contribution in [1.29, 1.82) is 0 Å². The largest absolute Gasteiger partial charge is 0.397 e. The summed E-state index contributed by atoms with van der Waals surface area (Å²) >= 11 is 7.24. The van der Waals surface area contributed by atoms with Gasteiger partial charge in [-0.25, -0.2) is 0 Å². The molecular formula is C16H19Br2N. The molecule has 4 bridgehead atoms. The lowest BCUT2D eigenvalue weighted by Gasteiger charge is -2.57. The van der Waals surface area contributed by atoms with Crippen molar-refractivity contribution in [2.75, 3.05) is 5.73 Å². The smallest absolute Gasteiger partial charge is 0.0603 e. The molecule has 4 saturated carbocycles. The maximum atomic E-state index is 6.05. The van der Waals surface area contributed by atoms with Crippen molar-refractivity contribution < 1.29 is 0 Å². The first kappa shape index (κ1) is 12.7. The lowest BCUT2D eigenvalue weighted by atomic mass is 9.48. The number of nitrogen functional groups attached to an aromatic ring is 1. The monoisotopic (exact) mass is 383 g/mol. The van der Waals surface area contributed by atoms with Gasteiger partial charge >= 0.3 is 0 Å².